The molecule has 1 fully saturated rings. The van der Waals surface area contributed by atoms with Crippen molar-refractivity contribution in [2.45, 2.75) is 13.5 Å². The normalized spacial score (nSPS) is 13.8. The van der Waals surface area contributed by atoms with E-state index in [4.69, 9.17) is 4.74 Å². The zero-order valence-corrected chi connectivity index (χ0v) is 20.4. The van der Waals surface area contributed by atoms with Crippen molar-refractivity contribution >= 4 is 28.3 Å². The Morgan fingerprint density at radius 2 is 1.74 bits per heavy atom. The third-order valence-corrected chi connectivity index (χ3v) is 6.57. The third kappa shape index (κ3) is 4.51. The maximum atomic E-state index is 13.7. The lowest BCUT2D eigenvalue weighted by atomic mass is 10.1. The summed E-state index contributed by atoms with van der Waals surface area (Å²) in [5.41, 5.74) is 5.28. The van der Waals surface area contributed by atoms with E-state index in [1.165, 1.54) is 0 Å². The highest BCUT2D eigenvalue weighted by molar-refractivity contribution is 6.07. The number of nitrogens with zero attached hydrogens (tertiary/aromatic N) is 5. The van der Waals surface area contributed by atoms with Crippen LogP contribution in [0.15, 0.2) is 60.8 Å². The molecule has 1 amide bonds. The molecule has 0 aliphatic carbocycles. The number of hydrogen-bond donors (Lipinski definition) is 1. The SMILES string of the molecule is COc1ccc(N2CCN(C(=O)c3cnc4c(c(C)nn4C)c3NCc3ccccc3)CC2)cc1. The second-order valence-electron chi connectivity index (χ2n) is 8.77. The minimum atomic E-state index is -0.00686. The van der Waals surface area contributed by atoms with Crippen LogP contribution < -0.4 is 15.0 Å². The molecule has 2 aromatic carbocycles. The maximum absolute atomic E-state index is 13.7. The number of benzene rings is 2. The zero-order chi connectivity index (χ0) is 24.4. The molecule has 3 heterocycles. The Morgan fingerprint density at radius 3 is 2.43 bits per heavy atom. The number of ether oxygens (including phenoxy) is 1. The van der Waals surface area contributed by atoms with Crippen LogP contribution in [0.25, 0.3) is 11.0 Å². The molecule has 4 aromatic rings. The lowest BCUT2D eigenvalue weighted by Crippen LogP contribution is -2.49. The summed E-state index contributed by atoms with van der Waals surface area (Å²) in [6.07, 6.45) is 1.69. The number of rotatable bonds is 6. The average Bonchev–Trinajstić information content (AvgIpc) is 3.21. The molecular formula is C27H30N6O2. The number of aromatic nitrogens is 3. The van der Waals surface area contributed by atoms with Crippen LogP contribution in [0, 0.1) is 6.92 Å². The molecule has 8 nitrogen and oxygen atoms in total. The minimum Gasteiger partial charge on any atom is -0.497 e. The van der Waals surface area contributed by atoms with Gasteiger partial charge >= 0.3 is 0 Å². The highest BCUT2D eigenvalue weighted by Gasteiger charge is 2.26. The molecule has 5 rings (SSSR count). The van der Waals surface area contributed by atoms with Gasteiger partial charge in [0.25, 0.3) is 5.91 Å². The summed E-state index contributed by atoms with van der Waals surface area (Å²) in [5, 5.41) is 8.97. The number of nitrogens with one attached hydrogen (secondary N) is 1. The van der Waals surface area contributed by atoms with Gasteiger partial charge in [0.05, 0.1) is 29.4 Å². The smallest absolute Gasteiger partial charge is 0.257 e. The quantitative estimate of drug-likeness (QED) is 0.461. The second kappa shape index (κ2) is 9.66. The fraction of sp³-hybridized carbons (Fsp3) is 0.296. The summed E-state index contributed by atoms with van der Waals surface area (Å²) in [6.45, 7) is 5.40. The van der Waals surface area contributed by atoms with Crippen molar-refractivity contribution in [1.29, 1.82) is 0 Å². The summed E-state index contributed by atoms with van der Waals surface area (Å²) in [5.74, 6) is 0.833. The molecule has 1 aliphatic rings. The van der Waals surface area contributed by atoms with E-state index in [-0.39, 0.29) is 5.91 Å². The number of anilines is 2. The molecule has 0 unspecified atom stereocenters. The van der Waals surface area contributed by atoms with Gasteiger partial charge < -0.3 is 19.9 Å². The molecule has 2 aromatic heterocycles. The molecular weight excluding hydrogens is 440 g/mol. The van der Waals surface area contributed by atoms with Crippen molar-refractivity contribution < 1.29 is 9.53 Å². The number of carbonyl (C=O) groups excluding carboxylic acids is 1. The van der Waals surface area contributed by atoms with Gasteiger partial charge in [-0.2, -0.15) is 5.10 Å². The number of hydrogen-bond acceptors (Lipinski definition) is 6. The van der Waals surface area contributed by atoms with Crippen LogP contribution in [-0.2, 0) is 13.6 Å². The van der Waals surface area contributed by atoms with Gasteiger partial charge in [-0.15, -0.1) is 0 Å². The van der Waals surface area contributed by atoms with Gasteiger partial charge in [-0.05, 0) is 36.8 Å². The van der Waals surface area contributed by atoms with Gasteiger partial charge in [-0.1, -0.05) is 30.3 Å². The van der Waals surface area contributed by atoms with Gasteiger partial charge in [-0.3, -0.25) is 9.48 Å². The molecule has 1 aliphatic heterocycles. The standard InChI is InChI=1S/C27H30N6O2/c1-19-24-25(28-17-20-7-5-4-6-8-20)23(18-29-26(24)31(2)30-19)27(34)33-15-13-32(14-16-33)21-9-11-22(35-3)12-10-21/h4-12,18H,13-17H2,1-3H3,(H,28,29). The number of methoxy groups -OCH3 is 1. The summed E-state index contributed by atoms with van der Waals surface area (Å²) >= 11 is 0. The lowest BCUT2D eigenvalue weighted by molar-refractivity contribution is 0.0747. The predicted octanol–water partition coefficient (Wildman–Crippen LogP) is 3.86. The van der Waals surface area contributed by atoms with E-state index in [0.29, 0.717) is 25.2 Å². The molecule has 0 saturated carbocycles. The Labute approximate surface area is 205 Å². The first-order valence-electron chi connectivity index (χ1n) is 11.8. The highest BCUT2D eigenvalue weighted by Crippen LogP contribution is 2.30. The average molecular weight is 471 g/mol. The van der Waals surface area contributed by atoms with E-state index in [2.05, 4.69) is 44.6 Å². The van der Waals surface area contributed by atoms with Crippen molar-refractivity contribution in [2.75, 3.05) is 43.5 Å². The van der Waals surface area contributed by atoms with Crippen LogP contribution >= 0.6 is 0 Å². The van der Waals surface area contributed by atoms with Crippen molar-refractivity contribution in [3.63, 3.8) is 0 Å². The molecule has 35 heavy (non-hydrogen) atoms. The van der Waals surface area contributed by atoms with E-state index >= 15 is 0 Å². The Hall–Kier alpha value is -4.07. The van der Waals surface area contributed by atoms with Gasteiger partial charge in [0, 0.05) is 51.7 Å². The monoisotopic (exact) mass is 470 g/mol. The van der Waals surface area contributed by atoms with Crippen LogP contribution in [0.5, 0.6) is 5.75 Å². The largest absolute Gasteiger partial charge is 0.497 e. The predicted molar refractivity (Wildman–Crippen MR) is 138 cm³/mol. The molecule has 180 valence electrons. The van der Waals surface area contributed by atoms with Crippen molar-refractivity contribution in [3.05, 3.63) is 77.6 Å². The molecule has 8 heteroatoms. The molecule has 0 spiro atoms. The maximum Gasteiger partial charge on any atom is 0.257 e. The van der Waals surface area contributed by atoms with Gasteiger partial charge in [0.1, 0.15) is 5.75 Å². The van der Waals surface area contributed by atoms with Crippen molar-refractivity contribution in [2.24, 2.45) is 7.05 Å². The van der Waals surface area contributed by atoms with E-state index in [0.717, 1.165) is 52.5 Å². The molecule has 1 saturated heterocycles. The lowest BCUT2D eigenvalue weighted by Gasteiger charge is -2.36. The Morgan fingerprint density at radius 1 is 1.03 bits per heavy atom. The zero-order valence-electron chi connectivity index (χ0n) is 20.4. The summed E-state index contributed by atoms with van der Waals surface area (Å²) < 4.78 is 7.03. The summed E-state index contributed by atoms with van der Waals surface area (Å²) in [7, 11) is 3.55. The number of amides is 1. The summed E-state index contributed by atoms with van der Waals surface area (Å²) in [4.78, 5) is 22.5. The molecule has 0 radical (unpaired) electrons. The second-order valence-corrected chi connectivity index (χ2v) is 8.77. The van der Waals surface area contributed by atoms with E-state index < -0.39 is 0 Å². The Bertz CT molecular complexity index is 1330. The summed E-state index contributed by atoms with van der Waals surface area (Å²) in [6, 6.07) is 18.2. The molecule has 1 N–H and O–H groups in total. The first-order valence-corrected chi connectivity index (χ1v) is 11.8. The van der Waals surface area contributed by atoms with Crippen LogP contribution in [0.2, 0.25) is 0 Å². The van der Waals surface area contributed by atoms with Crippen molar-refractivity contribution in [1.82, 2.24) is 19.7 Å². The number of carbonyl (C=O) groups is 1. The van der Waals surface area contributed by atoms with Crippen LogP contribution in [0.3, 0.4) is 0 Å². The molecule has 0 atom stereocenters. The fourth-order valence-corrected chi connectivity index (χ4v) is 4.67. The van der Waals surface area contributed by atoms with E-state index in [1.807, 2.05) is 49.2 Å². The van der Waals surface area contributed by atoms with Gasteiger partial charge in [-0.25, -0.2) is 4.98 Å². The first kappa shape index (κ1) is 22.7. The topological polar surface area (TPSA) is 75.5 Å². The first-order chi connectivity index (χ1) is 17.0. The molecule has 0 bridgehead atoms. The van der Waals surface area contributed by atoms with Crippen molar-refractivity contribution in [3.8, 4) is 5.75 Å². The van der Waals surface area contributed by atoms with Crippen LogP contribution in [-0.4, -0.2) is 58.9 Å². The number of fused-ring (bicyclic) bond motifs is 1. The van der Waals surface area contributed by atoms with Gasteiger partial charge in [0.2, 0.25) is 0 Å². The number of pyridine rings is 1. The minimum absolute atomic E-state index is 0.00686. The number of piperazine rings is 1. The Kier molecular flexibility index (Phi) is 6.27. The van der Waals surface area contributed by atoms with E-state index in [1.54, 1.807) is 18.0 Å². The van der Waals surface area contributed by atoms with Gasteiger partial charge in [0.15, 0.2) is 5.65 Å². The van der Waals surface area contributed by atoms with E-state index in [9.17, 15) is 4.79 Å². The van der Waals surface area contributed by atoms with Crippen LogP contribution in [0.4, 0.5) is 11.4 Å². The third-order valence-electron chi connectivity index (χ3n) is 6.57. The Balaban J connectivity index is 1.38. The number of aryl methyl sites for hydroxylation is 2. The highest BCUT2D eigenvalue weighted by atomic mass is 16.5. The fourth-order valence-electron chi connectivity index (χ4n) is 4.67. The van der Waals surface area contributed by atoms with Crippen LogP contribution in [0.1, 0.15) is 21.6 Å².